The molecule has 3 heteroatoms. The monoisotopic (exact) mass is 424 g/mol. The molecular weight excluding hydrogens is 372 g/mol. The fraction of sp³-hybridized carbons (Fsp3) is 0.846. The van der Waals surface area contributed by atoms with Gasteiger partial charge in [-0.3, -0.25) is 0 Å². The molecule has 4 N–H and O–H groups in total. The first-order valence-electron chi connectivity index (χ1n) is 12.6. The van der Waals surface area contributed by atoms with Gasteiger partial charge in [-0.25, -0.2) is 0 Å². The van der Waals surface area contributed by atoms with Crippen LogP contribution < -0.4 is 11.5 Å². The van der Waals surface area contributed by atoms with E-state index in [4.69, 9.17) is 11.5 Å². The van der Waals surface area contributed by atoms with E-state index in [2.05, 4.69) is 24.9 Å². The molecule has 0 bridgehead atoms. The fourth-order valence-electron chi connectivity index (χ4n) is 3.69. The summed E-state index contributed by atoms with van der Waals surface area (Å²) >= 11 is 2.18. The summed E-state index contributed by atoms with van der Waals surface area (Å²) in [5, 5.41) is 0. The van der Waals surface area contributed by atoms with Gasteiger partial charge in [-0.05, 0) is 50.0 Å². The Morgan fingerprint density at radius 1 is 0.414 bits per heavy atom. The molecule has 29 heavy (non-hydrogen) atoms. The van der Waals surface area contributed by atoms with Gasteiger partial charge in [0.25, 0.3) is 0 Å². The Hall–Kier alpha value is -0.570. The Labute approximate surface area is 187 Å². The van der Waals surface area contributed by atoms with Crippen molar-refractivity contribution < 1.29 is 0 Å². The predicted octanol–water partition coefficient (Wildman–Crippen LogP) is 8.47. The molecule has 0 saturated carbocycles. The van der Waals surface area contributed by atoms with Gasteiger partial charge in [0.1, 0.15) is 0 Å². The van der Waals surface area contributed by atoms with Crippen LogP contribution in [0.15, 0.2) is 24.6 Å². The van der Waals surface area contributed by atoms with Crippen molar-refractivity contribution in [3.05, 3.63) is 24.6 Å². The summed E-state index contributed by atoms with van der Waals surface area (Å²) in [6, 6.07) is 0. The van der Waals surface area contributed by atoms with Crippen molar-refractivity contribution in [2.45, 2.75) is 128 Å². The fourth-order valence-corrected chi connectivity index (χ4v) is 4.71. The highest BCUT2D eigenvalue weighted by atomic mass is 32.2. The van der Waals surface area contributed by atoms with Gasteiger partial charge in [0.2, 0.25) is 0 Å². The van der Waals surface area contributed by atoms with E-state index >= 15 is 0 Å². The van der Waals surface area contributed by atoms with Gasteiger partial charge in [-0.1, -0.05) is 103 Å². The van der Waals surface area contributed by atoms with Gasteiger partial charge in [0.05, 0.1) is 0 Å². The van der Waals surface area contributed by atoms with Gasteiger partial charge < -0.3 is 11.5 Å². The second-order valence-corrected chi connectivity index (χ2v) is 10.0. The summed E-state index contributed by atoms with van der Waals surface area (Å²) in [5.41, 5.74) is 12.9. The molecule has 0 heterocycles. The van der Waals surface area contributed by atoms with E-state index in [-0.39, 0.29) is 0 Å². The molecule has 0 aliphatic heterocycles. The molecule has 0 spiro atoms. The van der Waals surface area contributed by atoms with Crippen LogP contribution in [0.2, 0.25) is 0 Å². The van der Waals surface area contributed by atoms with Crippen molar-refractivity contribution >= 4 is 11.8 Å². The van der Waals surface area contributed by atoms with Crippen LogP contribution in [0.4, 0.5) is 0 Å². The maximum absolute atomic E-state index is 5.59. The Bertz CT molecular complexity index is 334. The topological polar surface area (TPSA) is 52.0 Å². The molecule has 0 fully saturated rings. The van der Waals surface area contributed by atoms with E-state index in [0.717, 1.165) is 24.2 Å². The molecule has 0 radical (unpaired) electrons. The standard InChI is InChI=1S/C26H52N2S/c1-25(27)21-17-13-9-5-3-7-11-15-19-23-29-24-20-16-12-8-4-6-10-14-18-22-26(2)28/h1-24,27-28H2. The van der Waals surface area contributed by atoms with E-state index in [1.54, 1.807) is 0 Å². The third kappa shape index (κ3) is 27.4. The van der Waals surface area contributed by atoms with Crippen LogP contribution in [-0.4, -0.2) is 11.5 Å². The van der Waals surface area contributed by atoms with Crippen molar-refractivity contribution in [3.8, 4) is 0 Å². The lowest BCUT2D eigenvalue weighted by Gasteiger charge is -2.04. The van der Waals surface area contributed by atoms with Crippen LogP contribution in [0.1, 0.15) is 128 Å². The smallest absolute Gasteiger partial charge is 0.000744 e. The quantitative estimate of drug-likeness (QED) is 0.153. The number of nitrogens with two attached hydrogens (primary N) is 2. The summed E-state index contributed by atoms with van der Waals surface area (Å²) in [7, 11) is 0. The van der Waals surface area contributed by atoms with Crippen LogP contribution in [-0.2, 0) is 0 Å². The molecule has 2 nitrogen and oxygen atoms in total. The maximum atomic E-state index is 5.59. The van der Waals surface area contributed by atoms with Crippen LogP contribution in [0.5, 0.6) is 0 Å². The first-order chi connectivity index (χ1) is 14.1. The Kier molecular flexibility index (Phi) is 23.2. The van der Waals surface area contributed by atoms with Crippen LogP contribution in [0.3, 0.4) is 0 Å². The van der Waals surface area contributed by atoms with Gasteiger partial charge >= 0.3 is 0 Å². The first kappa shape index (κ1) is 28.4. The Morgan fingerprint density at radius 3 is 0.931 bits per heavy atom. The van der Waals surface area contributed by atoms with Crippen molar-refractivity contribution in [1.82, 2.24) is 0 Å². The van der Waals surface area contributed by atoms with E-state index in [9.17, 15) is 0 Å². The highest BCUT2D eigenvalue weighted by Gasteiger charge is 1.96. The van der Waals surface area contributed by atoms with Crippen LogP contribution in [0.25, 0.3) is 0 Å². The Balaban J connectivity index is 3.01. The molecule has 0 aromatic carbocycles. The summed E-state index contributed by atoms with van der Waals surface area (Å²) in [6.45, 7) is 7.51. The van der Waals surface area contributed by atoms with Gasteiger partial charge in [0, 0.05) is 11.4 Å². The molecule has 0 aliphatic carbocycles. The van der Waals surface area contributed by atoms with Gasteiger partial charge in [-0.15, -0.1) is 0 Å². The minimum atomic E-state index is 0.843. The molecule has 0 saturated heterocycles. The number of thioether (sulfide) groups is 1. The predicted molar refractivity (Wildman–Crippen MR) is 136 cm³/mol. The lowest BCUT2D eigenvalue weighted by Crippen LogP contribution is -1.93. The molecule has 0 unspecified atom stereocenters. The molecule has 0 atom stereocenters. The minimum Gasteiger partial charge on any atom is -0.403 e. The maximum Gasteiger partial charge on any atom is 0.000744 e. The number of hydrogen-bond acceptors (Lipinski definition) is 3. The second-order valence-electron chi connectivity index (χ2n) is 8.79. The lowest BCUT2D eigenvalue weighted by atomic mass is 10.1. The van der Waals surface area contributed by atoms with Crippen LogP contribution >= 0.6 is 11.8 Å². The molecule has 172 valence electrons. The van der Waals surface area contributed by atoms with Crippen molar-refractivity contribution in [3.63, 3.8) is 0 Å². The number of unbranched alkanes of at least 4 members (excludes halogenated alkanes) is 16. The van der Waals surface area contributed by atoms with Crippen molar-refractivity contribution in [2.24, 2.45) is 11.5 Å². The van der Waals surface area contributed by atoms with E-state index in [1.165, 1.54) is 127 Å². The summed E-state index contributed by atoms with van der Waals surface area (Å²) < 4.78 is 0. The highest BCUT2D eigenvalue weighted by Crippen LogP contribution is 2.15. The van der Waals surface area contributed by atoms with Gasteiger partial charge in [0.15, 0.2) is 0 Å². The normalized spacial score (nSPS) is 11.0. The summed E-state index contributed by atoms with van der Waals surface area (Å²) in [4.78, 5) is 0. The third-order valence-electron chi connectivity index (χ3n) is 5.57. The lowest BCUT2D eigenvalue weighted by molar-refractivity contribution is 0.564. The molecule has 0 amide bonds. The minimum absolute atomic E-state index is 0.843. The van der Waals surface area contributed by atoms with E-state index in [1.807, 2.05) is 0 Å². The average molecular weight is 425 g/mol. The highest BCUT2D eigenvalue weighted by molar-refractivity contribution is 7.99. The molecule has 0 rings (SSSR count). The molecule has 0 aromatic rings. The zero-order valence-electron chi connectivity index (χ0n) is 19.5. The summed E-state index contributed by atoms with van der Waals surface area (Å²) in [5.74, 6) is 2.75. The molecular formula is C26H52N2S. The molecule has 0 aliphatic rings. The van der Waals surface area contributed by atoms with E-state index in [0.29, 0.717) is 0 Å². The molecule has 0 aromatic heterocycles. The largest absolute Gasteiger partial charge is 0.403 e. The van der Waals surface area contributed by atoms with Gasteiger partial charge in [-0.2, -0.15) is 11.8 Å². The first-order valence-corrected chi connectivity index (χ1v) is 13.7. The van der Waals surface area contributed by atoms with Crippen molar-refractivity contribution in [2.75, 3.05) is 11.5 Å². The number of hydrogen-bond donors (Lipinski definition) is 2. The summed E-state index contributed by atoms with van der Waals surface area (Å²) in [6.07, 6.45) is 26.9. The average Bonchev–Trinajstić information content (AvgIpc) is 2.68. The second kappa shape index (κ2) is 23.7. The zero-order chi connectivity index (χ0) is 21.4. The SMILES string of the molecule is C=C(N)CCCCCCCCCCCSCCCCCCCCCCCC(=C)N. The van der Waals surface area contributed by atoms with E-state index < -0.39 is 0 Å². The van der Waals surface area contributed by atoms with Crippen molar-refractivity contribution in [1.29, 1.82) is 0 Å². The zero-order valence-corrected chi connectivity index (χ0v) is 20.4. The number of allylic oxidation sites excluding steroid dienone is 2. The third-order valence-corrected chi connectivity index (χ3v) is 6.73. The Morgan fingerprint density at radius 2 is 0.655 bits per heavy atom. The van der Waals surface area contributed by atoms with Crippen LogP contribution in [0, 0.1) is 0 Å². The number of rotatable bonds is 24.